The molecule has 5 heteroatoms. The number of hydrogen-bond acceptors (Lipinski definition) is 1. The van der Waals surface area contributed by atoms with Crippen molar-refractivity contribution in [2.24, 2.45) is 0 Å². The van der Waals surface area contributed by atoms with Crippen LogP contribution >= 0.6 is 0 Å². The summed E-state index contributed by atoms with van der Waals surface area (Å²) < 4.78 is 40.5. The molecule has 1 atom stereocenters. The molecular formula is C15H18F3NO. The first-order valence-corrected chi connectivity index (χ1v) is 6.58. The molecule has 2 nitrogen and oxygen atoms in total. The summed E-state index contributed by atoms with van der Waals surface area (Å²) in [5, 5.41) is 9.86. The second-order valence-electron chi connectivity index (χ2n) is 5.40. The van der Waals surface area contributed by atoms with Gasteiger partial charge in [0.05, 0.1) is 5.56 Å². The Labute approximate surface area is 115 Å². The molecule has 0 aliphatic carbocycles. The normalized spacial score (nSPS) is 14.2. The van der Waals surface area contributed by atoms with Crippen molar-refractivity contribution < 1.29 is 18.3 Å². The molecule has 1 aromatic carbocycles. The van der Waals surface area contributed by atoms with Crippen molar-refractivity contribution in [1.82, 2.24) is 4.57 Å². The van der Waals surface area contributed by atoms with Crippen LogP contribution in [0.1, 0.15) is 43.9 Å². The van der Waals surface area contributed by atoms with Crippen molar-refractivity contribution in [2.75, 3.05) is 6.61 Å². The Hall–Kier alpha value is -1.49. The fourth-order valence-electron chi connectivity index (χ4n) is 2.38. The molecule has 1 N–H and O–H groups in total. The van der Waals surface area contributed by atoms with Gasteiger partial charge in [0.2, 0.25) is 0 Å². The van der Waals surface area contributed by atoms with Crippen molar-refractivity contribution in [3.05, 3.63) is 35.5 Å². The van der Waals surface area contributed by atoms with Gasteiger partial charge in [0.1, 0.15) is 0 Å². The van der Waals surface area contributed by atoms with E-state index in [1.54, 1.807) is 6.92 Å². The molecule has 2 rings (SSSR count). The van der Waals surface area contributed by atoms with Gasteiger partial charge in [0, 0.05) is 35.7 Å². The maximum absolute atomic E-state index is 12.8. The average molecular weight is 285 g/mol. The number of nitrogens with zero attached hydrogens (tertiary/aromatic N) is 1. The van der Waals surface area contributed by atoms with E-state index in [2.05, 4.69) is 0 Å². The molecule has 0 spiro atoms. The van der Waals surface area contributed by atoms with Crippen LogP contribution in [0.2, 0.25) is 0 Å². The van der Waals surface area contributed by atoms with Gasteiger partial charge in [-0.05, 0) is 37.6 Å². The molecule has 20 heavy (non-hydrogen) atoms. The van der Waals surface area contributed by atoms with Crippen LogP contribution in [0.5, 0.6) is 0 Å². The maximum Gasteiger partial charge on any atom is 0.416 e. The fourth-order valence-corrected chi connectivity index (χ4v) is 2.38. The van der Waals surface area contributed by atoms with Gasteiger partial charge in [-0.2, -0.15) is 13.2 Å². The Bertz CT molecular complexity index is 613. The van der Waals surface area contributed by atoms with Crippen LogP contribution in [-0.2, 0) is 6.18 Å². The molecule has 110 valence electrons. The smallest absolute Gasteiger partial charge is 0.396 e. The highest BCUT2D eigenvalue weighted by atomic mass is 19.4. The van der Waals surface area contributed by atoms with E-state index in [4.69, 9.17) is 0 Å². The van der Waals surface area contributed by atoms with Crippen LogP contribution in [0.25, 0.3) is 10.9 Å². The van der Waals surface area contributed by atoms with Crippen LogP contribution in [-0.4, -0.2) is 16.3 Å². The van der Waals surface area contributed by atoms with E-state index in [0.29, 0.717) is 5.39 Å². The zero-order valence-corrected chi connectivity index (χ0v) is 11.7. The lowest BCUT2D eigenvalue weighted by atomic mass is 10.00. The molecule has 1 unspecified atom stereocenters. The SMILES string of the molecule is CC(CO)c1cn(C(C)C)c2ccc(C(F)(F)F)cc12. The van der Waals surface area contributed by atoms with E-state index in [9.17, 15) is 18.3 Å². The molecule has 0 saturated heterocycles. The number of halogens is 3. The van der Waals surface area contributed by atoms with Crippen LogP contribution in [0.4, 0.5) is 13.2 Å². The summed E-state index contributed by atoms with van der Waals surface area (Å²) in [7, 11) is 0. The number of fused-ring (bicyclic) bond motifs is 1. The molecule has 0 fully saturated rings. The summed E-state index contributed by atoms with van der Waals surface area (Å²) >= 11 is 0. The highest BCUT2D eigenvalue weighted by molar-refractivity contribution is 5.85. The largest absolute Gasteiger partial charge is 0.416 e. The van der Waals surface area contributed by atoms with Crippen LogP contribution in [0.15, 0.2) is 24.4 Å². The van der Waals surface area contributed by atoms with E-state index in [1.807, 2.05) is 24.6 Å². The first-order valence-electron chi connectivity index (χ1n) is 6.58. The molecule has 0 saturated carbocycles. The summed E-state index contributed by atoms with van der Waals surface area (Å²) in [5.41, 5.74) is 0.864. The quantitative estimate of drug-likeness (QED) is 0.891. The Morgan fingerprint density at radius 3 is 2.35 bits per heavy atom. The van der Waals surface area contributed by atoms with E-state index < -0.39 is 11.7 Å². The van der Waals surface area contributed by atoms with Gasteiger partial charge in [-0.1, -0.05) is 6.92 Å². The second kappa shape index (κ2) is 5.13. The van der Waals surface area contributed by atoms with Crippen molar-refractivity contribution in [1.29, 1.82) is 0 Å². The van der Waals surface area contributed by atoms with Crippen LogP contribution in [0, 0.1) is 0 Å². The highest BCUT2D eigenvalue weighted by Gasteiger charge is 2.31. The Kier molecular flexibility index (Phi) is 3.82. The van der Waals surface area contributed by atoms with Gasteiger partial charge < -0.3 is 9.67 Å². The maximum atomic E-state index is 12.8. The van der Waals surface area contributed by atoms with Gasteiger partial charge in [0.15, 0.2) is 0 Å². The lowest BCUT2D eigenvalue weighted by Crippen LogP contribution is -2.05. The third kappa shape index (κ3) is 2.54. The molecule has 0 aliphatic rings. The van der Waals surface area contributed by atoms with Crippen molar-refractivity contribution in [3.8, 4) is 0 Å². The monoisotopic (exact) mass is 285 g/mol. The van der Waals surface area contributed by atoms with Crippen molar-refractivity contribution in [2.45, 2.75) is 38.9 Å². The third-order valence-electron chi connectivity index (χ3n) is 3.55. The van der Waals surface area contributed by atoms with E-state index in [-0.39, 0.29) is 18.6 Å². The molecule has 1 aromatic heterocycles. The average Bonchev–Trinajstić information content (AvgIpc) is 2.75. The number of aliphatic hydroxyl groups excluding tert-OH is 1. The summed E-state index contributed by atoms with van der Waals surface area (Å²) in [4.78, 5) is 0. The molecule has 0 radical (unpaired) electrons. The summed E-state index contributed by atoms with van der Waals surface area (Å²) in [6.45, 7) is 5.67. The number of alkyl halides is 3. The Morgan fingerprint density at radius 2 is 1.85 bits per heavy atom. The van der Waals surface area contributed by atoms with E-state index in [1.165, 1.54) is 12.1 Å². The number of benzene rings is 1. The van der Waals surface area contributed by atoms with Crippen LogP contribution < -0.4 is 0 Å². The zero-order valence-electron chi connectivity index (χ0n) is 11.7. The standard InChI is InChI=1S/C15H18F3NO/c1-9(2)19-7-13(10(3)8-20)12-6-11(15(16,17)18)4-5-14(12)19/h4-7,9-10,20H,8H2,1-3H3. The minimum absolute atomic E-state index is 0.0898. The molecule has 0 bridgehead atoms. The fraction of sp³-hybridized carbons (Fsp3) is 0.467. The predicted molar refractivity (Wildman–Crippen MR) is 72.8 cm³/mol. The van der Waals surface area contributed by atoms with Gasteiger partial charge in [-0.15, -0.1) is 0 Å². The number of hydrogen-bond donors (Lipinski definition) is 1. The Morgan fingerprint density at radius 1 is 1.20 bits per heavy atom. The Balaban J connectivity index is 2.71. The molecule has 1 heterocycles. The molecule has 0 amide bonds. The predicted octanol–water partition coefficient (Wildman–Crippen LogP) is 4.34. The lowest BCUT2D eigenvalue weighted by molar-refractivity contribution is -0.137. The zero-order chi connectivity index (χ0) is 15.1. The summed E-state index contributed by atoms with van der Waals surface area (Å²) in [6.07, 6.45) is -2.51. The van der Waals surface area contributed by atoms with Crippen molar-refractivity contribution in [3.63, 3.8) is 0 Å². The topological polar surface area (TPSA) is 25.2 Å². The van der Waals surface area contributed by atoms with Crippen LogP contribution in [0.3, 0.4) is 0 Å². The molecule has 2 aromatic rings. The molecule has 0 aliphatic heterocycles. The molecular weight excluding hydrogens is 267 g/mol. The lowest BCUT2D eigenvalue weighted by Gasteiger charge is -2.10. The van der Waals surface area contributed by atoms with Gasteiger partial charge in [0.25, 0.3) is 0 Å². The first-order chi connectivity index (χ1) is 9.25. The first kappa shape index (κ1) is 14.9. The number of rotatable bonds is 3. The van der Waals surface area contributed by atoms with Gasteiger partial charge in [-0.25, -0.2) is 0 Å². The third-order valence-corrected chi connectivity index (χ3v) is 3.55. The minimum atomic E-state index is -4.35. The second-order valence-corrected chi connectivity index (χ2v) is 5.40. The number of aliphatic hydroxyl groups is 1. The van der Waals surface area contributed by atoms with Gasteiger partial charge in [-0.3, -0.25) is 0 Å². The summed E-state index contributed by atoms with van der Waals surface area (Å²) in [6, 6.07) is 3.93. The summed E-state index contributed by atoms with van der Waals surface area (Å²) in [5.74, 6) is -0.194. The minimum Gasteiger partial charge on any atom is -0.396 e. The highest BCUT2D eigenvalue weighted by Crippen LogP contribution is 2.35. The van der Waals surface area contributed by atoms with E-state index in [0.717, 1.165) is 17.1 Å². The van der Waals surface area contributed by atoms with E-state index >= 15 is 0 Å². The number of aromatic nitrogens is 1. The van der Waals surface area contributed by atoms with Gasteiger partial charge >= 0.3 is 6.18 Å². The van der Waals surface area contributed by atoms with Crippen molar-refractivity contribution >= 4 is 10.9 Å².